The third-order valence-electron chi connectivity index (χ3n) is 2.13. The zero-order valence-corrected chi connectivity index (χ0v) is 9.42. The third-order valence-corrected chi connectivity index (χ3v) is 4.08. The first-order valence-electron chi connectivity index (χ1n) is 4.73. The summed E-state index contributed by atoms with van der Waals surface area (Å²) in [5.74, 6) is 0.0470. The lowest BCUT2D eigenvalue weighted by atomic mass is 10.2. The van der Waals surface area contributed by atoms with Gasteiger partial charge in [-0.15, -0.1) is 0 Å². The van der Waals surface area contributed by atoms with Crippen molar-refractivity contribution in [1.82, 2.24) is 0 Å². The molecule has 1 aromatic carbocycles. The van der Waals surface area contributed by atoms with E-state index in [1.165, 1.54) is 0 Å². The maximum absolute atomic E-state index is 11.8. The number of hydrogen-bond donors (Lipinski definition) is 0. The van der Waals surface area contributed by atoms with E-state index in [2.05, 4.69) is 0 Å². The van der Waals surface area contributed by atoms with Crippen LogP contribution >= 0.6 is 0 Å². The van der Waals surface area contributed by atoms with Crippen molar-refractivity contribution in [3.63, 3.8) is 0 Å². The summed E-state index contributed by atoms with van der Waals surface area (Å²) >= 11 is 0. The zero-order chi connectivity index (χ0) is 11.3. The number of nitrogens with zero attached hydrogens (tertiary/aromatic N) is 1. The average molecular weight is 223 g/mol. The Morgan fingerprint density at radius 1 is 1.33 bits per heavy atom. The van der Waals surface area contributed by atoms with E-state index in [-0.39, 0.29) is 12.2 Å². The van der Waals surface area contributed by atoms with E-state index in [9.17, 15) is 8.42 Å². The molecule has 0 N–H and O–H groups in total. The van der Waals surface area contributed by atoms with E-state index in [1.54, 1.807) is 25.1 Å². The highest BCUT2D eigenvalue weighted by Gasteiger charge is 2.15. The molecule has 3 nitrogen and oxygen atoms in total. The van der Waals surface area contributed by atoms with E-state index in [0.717, 1.165) is 5.56 Å². The first kappa shape index (κ1) is 11.7. The van der Waals surface area contributed by atoms with Crippen molar-refractivity contribution in [1.29, 1.82) is 5.26 Å². The molecular formula is C11H13NO2S. The minimum atomic E-state index is -3.21. The zero-order valence-electron chi connectivity index (χ0n) is 8.60. The van der Waals surface area contributed by atoms with Gasteiger partial charge in [0.25, 0.3) is 0 Å². The molecule has 0 atom stereocenters. The minimum absolute atomic E-state index is 0.0470. The van der Waals surface area contributed by atoms with Crippen LogP contribution in [0.3, 0.4) is 0 Å². The van der Waals surface area contributed by atoms with Gasteiger partial charge in [-0.2, -0.15) is 5.26 Å². The van der Waals surface area contributed by atoms with E-state index < -0.39 is 9.84 Å². The Labute approximate surface area is 90.3 Å². The molecule has 15 heavy (non-hydrogen) atoms. The molecule has 1 rings (SSSR count). The molecule has 1 aromatic rings. The second kappa shape index (κ2) is 4.94. The lowest BCUT2D eigenvalue weighted by Crippen LogP contribution is -2.08. The van der Waals surface area contributed by atoms with Crippen LogP contribution < -0.4 is 0 Å². The molecule has 80 valence electrons. The van der Waals surface area contributed by atoms with Gasteiger partial charge < -0.3 is 0 Å². The van der Waals surface area contributed by atoms with E-state index in [0.29, 0.717) is 11.3 Å². The number of aryl methyl sites for hydroxylation is 1. The standard InChI is InChI=1S/C11H13NO2S/c1-10-6-2-3-7-11(10)15(13,14)9-5-4-8-12/h2-3,6-7H,4-5,9H2,1H3. The Kier molecular flexibility index (Phi) is 3.87. The summed E-state index contributed by atoms with van der Waals surface area (Å²) in [5, 5.41) is 8.34. The van der Waals surface area contributed by atoms with E-state index in [1.807, 2.05) is 12.1 Å². The highest BCUT2D eigenvalue weighted by molar-refractivity contribution is 7.91. The Morgan fingerprint density at radius 3 is 2.60 bits per heavy atom. The van der Waals surface area contributed by atoms with Gasteiger partial charge in [-0.1, -0.05) is 18.2 Å². The van der Waals surface area contributed by atoms with Gasteiger partial charge in [-0.25, -0.2) is 8.42 Å². The van der Waals surface area contributed by atoms with Crippen LogP contribution in [0, 0.1) is 18.3 Å². The monoisotopic (exact) mass is 223 g/mol. The molecule has 0 heterocycles. The fourth-order valence-corrected chi connectivity index (χ4v) is 2.95. The van der Waals surface area contributed by atoms with Crippen LogP contribution in [-0.4, -0.2) is 14.2 Å². The van der Waals surface area contributed by atoms with Gasteiger partial charge in [-0.3, -0.25) is 0 Å². The Bertz CT molecular complexity index is 472. The molecule has 0 fully saturated rings. The molecule has 0 amide bonds. The fourth-order valence-electron chi connectivity index (χ4n) is 1.36. The van der Waals surface area contributed by atoms with Gasteiger partial charge in [0.1, 0.15) is 0 Å². The number of unbranched alkanes of at least 4 members (excludes halogenated alkanes) is 1. The number of rotatable bonds is 4. The van der Waals surface area contributed by atoms with Crippen molar-refractivity contribution in [3.8, 4) is 6.07 Å². The van der Waals surface area contributed by atoms with Gasteiger partial charge in [-0.05, 0) is 25.0 Å². The second-order valence-corrected chi connectivity index (χ2v) is 5.42. The topological polar surface area (TPSA) is 57.9 Å². The van der Waals surface area contributed by atoms with Crippen molar-refractivity contribution in [2.24, 2.45) is 0 Å². The number of benzene rings is 1. The van der Waals surface area contributed by atoms with E-state index in [4.69, 9.17) is 5.26 Å². The molecule has 0 radical (unpaired) electrons. The highest BCUT2D eigenvalue weighted by atomic mass is 32.2. The molecule has 4 heteroatoms. The molecule has 0 saturated heterocycles. The number of hydrogen-bond acceptors (Lipinski definition) is 3. The Morgan fingerprint density at radius 2 is 2.00 bits per heavy atom. The van der Waals surface area contributed by atoms with Crippen LogP contribution in [0.5, 0.6) is 0 Å². The van der Waals surface area contributed by atoms with Crippen LogP contribution in [-0.2, 0) is 9.84 Å². The summed E-state index contributed by atoms with van der Waals surface area (Å²) in [6.45, 7) is 1.77. The fraction of sp³-hybridized carbons (Fsp3) is 0.364. The van der Waals surface area contributed by atoms with Crippen LogP contribution in [0.2, 0.25) is 0 Å². The summed E-state index contributed by atoms with van der Waals surface area (Å²) in [6.07, 6.45) is 0.679. The van der Waals surface area contributed by atoms with Gasteiger partial charge in [0.2, 0.25) is 0 Å². The van der Waals surface area contributed by atoms with Crippen molar-refractivity contribution >= 4 is 9.84 Å². The highest BCUT2D eigenvalue weighted by Crippen LogP contribution is 2.16. The van der Waals surface area contributed by atoms with E-state index >= 15 is 0 Å². The van der Waals surface area contributed by atoms with Gasteiger partial charge in [0.15, 0.2) is 9.84 Å². The molecular weight excluding hydrogens is 210 g/mol. The van der Waals surface area contributed by atoms with Crippen molar-refractivity contribution in [2.75, 3.05) is 5.75 Å². The van der Waals surface area contributed by atoms with Crippen molar-refractivity contribution in [2.45, 2.75) is 24.7 Å². The average Bonchev–Trinajstić information content (AvgIpc) is 2.18. The largest absolute Gasteiger partial charge is 0.224 e. The summed E-state index contributed by atoms with van der Waals surface area (Å²) in [6, 6.07) is 8.85. The molecule has 0 aliphatic heterocycles. The maximum Gasteiger partial charge on any atom is 0.178 e. The number of nitriles is 1. The maximum atomic E-state index is 11.8. The predicted molar refractivity (Wildman–Crippen MR) is 58.1 cm³/mol. The summed E-state index contributed by atoms with van der Waals surface area (Å²) in [5.41, 5.74) is 0.759. The molecule has 0 bridgehead atoms. The smallest absolute Gasteiger partial charge is 0.178 e. The minimum Gasteiger partial charge on any atom is -0.224 e. The third kappa shape index (κ3) is 3.07. The molecule has 0 aromatic heterocycles. The first-order valence-corrected chi connectivity index (χ1v) is 6.38. The van der Waals surface area contributed by atoms with Gasteiger partial charge in [0, 0.05) is 6.42 Å². The SMILES string of the molecule is Cc1ccccc1S(=O)(=O)CCCC#N. The summed E-state index contributed by atoms with van der Waals surface area (Å²) in [7, 11) is -3.21. The van der Waals surface area contributed by atoms with Crippen LogP contribution in [0.4, 0.5) is 0 Å². The number of sulfone groups is 1. The normalized spacial score (nSPS) is 10.9. The molecule has 0 spiro atoms. The first-order chi connectivity index (χ1) is 7.08. The summed E-state index contributed by atoms with van der Waals surface area (Å²) < 4.78 is 23.6. The molecule has 0 aliphatic carbocycles. The van der Waals surface area contributed by atoms with Crippen LogP contribution in [0.25, 0.3) is 0 Å². The summed E-state index contributed by atoms with van der Waals surface area (Å²) in [4.78, 5) is 0.378. The predicted octanol–water partition coefficient (Wildman–Crippen LogP) is 2.07. The quantitative estimate of drug-likeness (QED) is 0.734. The van der Waals surface area contributed by atoms with Gasteiger partial charge >= 0.3 is 0 Å². The molecule has 0 saturated carbocycles. The molecule has 0 unspecified atom stereocenters. The lowest BCUT2D eigenvalue weighted by molar-refractivity contribution is 0.593. The van der Waals surface area contributed by atoms with Crippen molar-refractivity contribution in [3.05, 3.63) is 29.8 Å². The van der Waals surface area contributed by atoms with Gasteiger partial charge in [0.05, 0.1) is 16.7 Å². The Hall–Kier alpha value is -1.34. The van der Waals surface area contributed by atoms with Crippen LogP contribution in [0.15, 0.2) is 29.2 Å². The van der Waals surface area contributed by atoms with Crippen LogP contribution in [0.1, 0.15) is 18.4 Å². The Balaban J connectivity index is 2.88. The van der Waals surface area contributed by atoms with Crippen molar-refractivity contribution < 1.29 is 8.42 Å². The molecule has 0 aliphatic rings. The second-order valence-electron chi connectivity index (χ2n) is 3.35. The lowest BCUT2D eigenvalue weighted by Gasteiger charge is -2.05.